The third-order valence-electron chi connectivity index (χ3n) is 3.77. The Labute approximate surface area is 129 Å². The molecule has 0 spiro atoms. The number of nitrogens with zero attached hydrogens (tertiary/aromatic N) is 1. The van der Waals surface area contributed by atoms with Gasteiger partial charge in [0.05, 0.1) is 12.7 Å². The minimum Gasteiger partial charge on any atom is -0.461 e. The molecule has 1 aliphatic rings. The molecule has 2 aromatic rings. The number of aryl methyl sites for hydroxylation is 1. The number of oxazole rings is 1. The molecular formula is C17H19NO4. The van der Waals surface area contributed by atoms with Crippen molar-refractivity contribution in [3.63, 3.8) is 0 Å². The lowest BCUT2D eigenvalue weighted by molar-refractivity contribution is 0.0381. The highest BCUT2D eigenvalue weighted by atomic mass is 16.5. The maximum absolute atomic E-state index is 12.2. The van der Waals surface area contributed by atoms with Gasteiger partial charge in [0.2, 0.25) is 0 Å². The van der Waals surface area contributed by atoms with Crippen LogP contribution < -0.4 is 0 Å². The summed E-state index contributed by atoms with van der Waals surface area (Å²) in [4.78, 5) is 16.1. The SMILES string of the molecule is Cc1ccc(-c2ocnc2C(=O)OCC[C@@H]2CCCO2)cc1. The van der Waals surface area contributed by atoms with E-state index in [4.69, 9.17) is 13.9 Å². The molecule has 5 nitrogen and oxygen atoms in total. The number of benzene rings is 1. The third-order valence-corrected chi connectivity index (χ3v) is 3.77. The van der Waals surface area contributed by atoms with Crippen LogP contribution in [-0.4, -0.2) is 30.3 Å². The second-order valence-electron chi connectivity index (χ2n) is 5.46. The van der Waals surface area contributed by atoms with E-state index < -0.39 is 5.97 Å². The van der Waals surface area contributed by atoms with Gasteiger partial charge in [0.15, 0.2) is 17.8 Å². The highest BCUT2D eigenvalue weighted by Gasteiger charge is 2.21. The number of hydrogen-bond donors (Lipinski definition) is 0. The molecule has 1 saturated heterocycles. The number of esters is 1. The summed E-state index contributed by atoms with van der Waals surface area (Å²) in [5.41, 5.74) is 2.18. The van der Waals surface area contributed by atoms with Gasteiger partial charge in [0.1, 0.15) is 0 Å². The highest BCUT2D eigenvalue weighted by molar-refractivity contribution is 5.93. The Morgan fingerprint density at radius 1 is 1.36 bits per heavy atom. The second kappa shape index (κ2) is 6.75. The molecule has 1 aromatic heterocycles. The Morgan fingerprint density at radius 3 is 2.91 bits per heavy atom. The van der Waals surface area contributed by atoms with Crippen molar-refractivity contribution in [1.82, 2.24) is 4.98 Å². The fraction of sp³-hybridized carbons (Fsp3) is 0.412. The molecule has 22 heavy (non-hydrogen) atoms. The van der Waals surface area contributed by atoms with E-state index in [-0.39, 0.29) is 11.8 Å². The van der Waals surface area contributed by atoms with Crippen molar-refractivity contribution in [1.29, 1.82) is 0 Å². The van der Waals surface area contributed by atoms with Crippen molar-refractivity contribution in [2.45, 2.75) is 32.3 Å². The smallest absolute Gasteiger partial charge is 0.360 e. The molecule has 1 fully saturated rings. The van der Waals surface area contributed by atoms with Gasteiger partial charge < -0.3 is 13.9 Å². The van der Waals surface area contributed by atoms with Crippen LogP contribution in [0.5, 0.6) is 0 Å². The molecule has 0 N–H and O–H groups in total. The maximum atomic E-state index is 12.2. The lowest BCUT2D eigenvalue weighted by atomic mass is 10.1. The topological polar surface area (TPSA) is 61.6 Å². The lowest BCUT2D eigenvalue weighted by Crippen LogP contribution is -2.13. The predicted octanol–water partition coefficient (Wildman–Crippen LogP) is 3.38. The number of ether oxygens (including phenoxy) is 2. The van der Waals surface area contributed by atoms with Crippen LogP contribution in [0, 0.1) is 6.92 Å². The molecule has 0 radical (unpaired) electrons. The van der Waals surface area contributed by atoms with Crippen LogP contribution in [0.3, 0.4) is 0 Å². The maximum Gasteiger partial charge on any atom is 0.360 e. The van der Waals surface area contributed by atoms with Crippen LogP contribution in [0.2, 0.25) is 0 Å². The second-order valence-corrected chi connectivity index (χ2v) is 5.46. The van der Waals surface area contributed by atoms with Gasteiger partial charge in [-0.3, -0.25) is 0 Å². The average molecular weight is 301 g/mol. The third kappa shape index (κ3) is 3.36. The van der Waals surface area contributed by atoms with Gasteiger partial charge in [-0.25, -0.2) is 9.78 Å². The monoisotopic (exact) mass is 301 g/mol. The number of carbonyl (C=O) groups excluding carboxylic acids is 1. The first kappa shape index (κ1) is 14.8. The fourth-order valence-corrected chi connectivity index (χ4v) is 2.52. The summed E-state index contributed by atoms with van der Waals surface area (Å²) in [6.45, 7) is 3.15. The summed E-state index contributed by atoms with van der Waals surface area (Å²) in [5.74, 6) is -0.00978. The van der Waals surface area contributed by atoms with Gasteiger partial charge in [-0.1, -0.05) is 29.8 Å². The molecule has 116 valence electrons. The van der Waals surface area contributed by atoms with Crippen LogP contribution >= 0.6 is 0 Å². The van der Waals surface area contributed by atoms with Gasteiger partial charge in [0, 0.05) is 18.6 Å². The normalized spacial score (nSPS) is 17.6. The zero-order chi connectivity index (χ0) is 15.4. The molecule has 0 saturated carbocycles. The quantitative estimate of drug-likeness (QED) is 0.792. The molecular weight excluding hydrogens is 282 g/mol. The predicted molar refractivity (Wildman–Crippen MR) is 80.5 cm³/mol. The number of aromatic nitrogens is 1. The van der Waals surface area contributed by atoms with Crippen LogP contribution in [0.25, 0.3) is 11.3 Å². The van der Waals surface area contributed by atoms with Crippen LogP contribution in [-0.2, 0) is 9.47 Å². The molecule has 2 heterocycles. The van der Waals surface area contributed by atoms with Crippen LogP contribution in [0.4, 0.5) is 0 Å². The van der Waals surface area contributed by atoms with E-state index in [1.165, 1.54) is 6.39 Å². The van der Waals surface area contributed by atoms with E-state index in [0.717, 1.165) is 37.0 Å². The van der Waals surface area contributed by atoms with Crippen molar-refractivity contribution in [3.8, 4) is 11.3 Å². The van der Waals surface area contributed by atoms with Crippen LogP contribution in [0.15, 0.2) is 35.1 Å². The molecule has 0 unspecified atom stereocenters. The largest absolute Gasteiger partial charge is 0.461 e. The summed E-state index contributed by atoms with van der Waals surface area (Å²) >= 11 is 0. The molecule has 1 aliphatic heterocycles. The van der Waals surface area contributed by atoms with E-state index in [2.05, 4.69) is 4.98 Å². The first-order valence-electron chi connectivity index (χ1n) is 7.53. The van der Waals surface area contributed by atoms with Crippen molar-refractivity contribution in [2.24, 2.45) is 0 Å². The summed E-state index contributed by atoms with van der Waals surface area (Å²) in [7, 11) is 0. The van der Waals surface area contributed by atoms with Gasteiger partial charge in [0.25, 0.3) is 0 Å². The summed E-state index contributed by atoms with van der Waals surface area (Å²) in [6, 6.07) is 7.73. The fourth-order valence-electron chi connectivity index (χ4n) is 2.52. The highest BCUT2D eigenvalue weighted by Crippen LogP contribution is 2.24. The van der Waals surface area contributed by atoms with Gasteiger partial charge in [-0.05, 0) is 19.8 Å². The Balaban J connectivity index is 1.63. The molecule has 5 heteroatoms. The zero-order valence-electron chi connectivity index (χ0n) is 12.6. The van der Waals surface area contributed by atoms with Crippen molar-refractivity contribution in [2.75, 3.05) is 13.2 Å². The Kier molecular flexibility index (Phi) is 4.53. The minimum atomic E-state index is -0.456. The average Bonchev–Trinajstić information content (AvgIpc) is 3.19. The van der Waals surface area contributed by atoms with E-state index in [9.17, 15) is 4.79 Å². The number of rotatable bonds is 5. The van der Waals surface area contributed by atoms with Crippen molar-refractivity contribution < 1.29 is 18.7 Å². The van der Waals surface area contributed by atoms with E-state index in [0.29, 0.717) is 12.4 Å². The minimum absolute atomic E-state index is 0.210. The van der Waals surface area contributed by atoms with Crippen LogP contribution in [0.1, 0.15) is 35.3 Å². The first-order chi connectivity index (χ1) is 10.7. The van der Waals surface area contributed by atoms with Gasteiger partial charge in [-0.2, -0.15) is 0 Å². The standard InChI is InChI=1S/C17H19NO4/c1-12-4-6-13(7-5-12)16-15(18-11-22-16)17(19)21-10-8-14-3-2-9-20-14/h4-7,11,14H,2-3,8-10H2,1H3/t14-/m0/s1. The molecule has 3 rings (SSSR count). The number of hydrogen-bond acceptors (Lipinski definition) is 5. The molecule has 1 atom stereocenters. The molecule has 0 bridgehead atoms. The number of carbonyl (C=O) groups is 1. The summed E-state index contributed by atoms with van der Waals surface area (Å²) in [6.07, 6.45) is 4.33. The lowest BCUT2D eigenvalue weighted by Gasteiger charge is -2.09. The molecule has 1 aromatic carbocycles. The molecule has 0 aliphatic carbocycles. The van der Waals surface area contributed by atoms with Gasteiger partial charge in [-0.15, -0.1) is 0 Å². The van der Waals surface area contributed by atoms with E-state index in [1.807, 2.05) is 31.2 Å². The van der Waals surface area contributed by atoms with E-state index >= 15 is 0 Å². The van der Waals surface area contributed by atoms with Gasteiger partial charge >= 0.3 is 5.97 Å². The Hall–Kier alpha value is -2.14. The summed E-state index contributed by atoms with van der Waals surface area (Å²) < 4.78 is 16.2. The van der Waals surface area contributed by atoms with E-state index in [1.54, 1.807) is 0 Å². The Morgan fingerprint density at radius 2 is 2.18 bits per heavy atom. The first-order valence-corrected chi connectivity index (χ1v) is 7.53. The molecule has 0 amide bonds. The Bertz CT molecular complexity index is 626. The zero-order valence-corrected chi connectivity index (χ0v) is 12.6. The summed E-state index contributed by atoms with van der Waals surface area (Å²) in [5, 5.41) is 0. The van der Waals surface area contributed by atoms with Crippen molar-refractivity contribution in [3.05, 3.63) is 41.9 Å². The van der Waals surface area contributed by atoms with Crippen molar-refractivity contribution >= 4 is 5.97 Å².